The van der Waals surface area contributed by atoms with E-state index in [1.807, 2.05) is 19.1 Å². The van der Waals surface area contributed by atoms with Gasteiger partial charge in [0.1, 0.15) is 0 Å². The molecule has 0 N–H and O–H groups in total. The molecule has 2 aromatic rings. The van der Waals surface area contributed by atoms with Gasteiger partial charge in [-0.2, -0.15) is 4.98 Å². The molecule has 0 aliphatic rings. The normalized spacial score (nSPS) is 10.6. The van der Waals surface area contributed by atoms with Crippen LogP contribution < -0.4 is 0 Å². The minimum atomic E-state index is 0.0613. The van der Waals surface area contributed by atoms with Crippen molar-refractivity contribution in [2.45, 2.75) is 38.1 Å². The van der Waals surface area contributed by atoms with Gasteiger partial charge in [-0.15, -0.1) is 11.8 Å². The van der Waals surface area contributed by atoms with Crippen molar-refractivity contribution < 1.29 is 9.32 Å². The van der Waals surface area contributed by atoms with Crippen LogP contribution in [-0.2, 0) is 17.8 Å². The van der Waals surface area contributed by atoms with E-state index in [2.05, 4.69) is 22.0 Å². The first-order chi connectivity index (χ1) is 10.7. The molecule has 0 saturated heterocycles. The Morgan fingerprint density at radius 2 is 2.09 bits per heavy atom. The molecule has 2 rings (SSSR count). The molecule has 0 saturated carbocycles. The van der Waals surface area contributed by atoms with Crippen LogP contribution in [0.5, 0.6) is 0 Å². The molecule has 0 bridgehead atoms. The fourth-order valence-electron chi connectivity index (χ4n) is 1.89. The summed E-state index contributed by atoms with van der Waals surface area (Å²) in [6, 6.07) is 3.79. The van der Waals surface area contributed by atoms with Gasteiger partial charge < -0.3 is 9.42 Å². The lowest BCUT2D eigenvalue weighted by Gasteiger charge is -2.18. The number of thioether (sulfide) groups is 1. The lowest BCUT2D eigenvalue weighted by atomic mass is 10.3. The molecule has 0 aliphatic carbocycles. The predicted octanol–water partition coefficient (Wildman–Crippen LogP) is 2.56. The molecule has 2 aromatic heterocycles. The van der Waals surface area contributed by atoms with Crippen LogP contribution in [-0.4, -0.2) is 38.2 Å². The van der Waals surface area contributed by atoms with Crippen molar-refractivity contribution in [1.82, 2.24) is 20.0 Å². The second-order valence-electron chi connectivity index (χ2n) is 4.73. The SMILES string of the molecule is CCCc1nc(CN(CC)C(=O)CSc2ccncc2)no1. The highest BCUT2D eigenvalue weighted by molar-refractivity contribution is 8.00. The molecular weight excluding hydrogens is 300 g/mol. The number of carbonyl (C=O) groups excluding carboxylic acids is 1. The number of carbonyl (C=O) groups is 1. The molecule has 118 valence electrons. The number of amides is 1. The third-order valence-corrected chi connectivity index (χ3v) is 4.05. The quantitative estimate of drug-likeness (QED) is 0.696. The van der Waals surface area contributed by atoms with Gasteiger partial charge in [0.25, 0.3) is 0 Å². The van der Waals surface area contributed by atoms with Crippen molar-refractivity contribution in [3.63, 3.8) is 0 Å². The van der Waals surface area contributed by atoms with Crippen LogP contribution in [0.1, 0.15) is 32.0 Å². The number of rotatable bonds is 8. The predicted molar refractivity (Wildman–Crippen MR) is 84.3 cm³/mol. The van der Waals surface area contributed by atoms with Crippen molar-refractivity contribution in [2.75, 3.05) is 12.3 Å². The lowest BCUT2D eigenvalue weighted by molar-refractivity contribution is -0.128. The van der Waals surface area contributed by atoms with E-state index >= 15 is 0 Å². The molecule has 0 aromatic carbocycles. The van der Waals surface area contributed by atoms with Crippen LogP contribution >= 0.6 is 11.8 Å². The summed E-state index contributed by atoms with van der Waals surface area (Å²) < 4.78 is 5.15. The lowest BCUT2D eigenvalue weighted by Crippen LogP contribution is -2.32. The molecule has 0 atom stereocenters. The molecule has 0 radical (unpaired) electrons. The van der Waals surface area contributed by atoms with Crippen LogP contribution in [0, 0.1) is 0 Å². The summed E-state index contributed by atoms with van der Waals surface area (Å²) in [6.07, 6.45) is 5.17. The Labute approximate surface area is 134 Å². The first-order valence-corrected chi connectivity index (χ1v) is 8.33. The molecule has 7 heteroatoms. The zero-order valence-electron chi connectivity index (χ0n) is 12.9. The average Bonchev–Trinajstić information content (AvgIpc) is 2.99. The third-order valence-electron chi connectivity index (χ3n) is 3.05. The zero-order chi connectivity index (χ0) is 15.8. The highest BCUT2D eigenvalue weighted by atomic mass is 32.2. The van der Waals surface area contributed by atoms with Crippen molar-refractivity contribution >= 4 is 17.7 Å². The maximum atomic E-state index is 12.3. The molecule has 22 heavy (non-hydrogen) atoms. The Morgan fingerprint density at radius 3 is 2.77 bits per heavy atom. The van der Waals surface area contributed by atoms with Crippen molar-refractivity contribution in [3.05, 3.63) is 36.2 Å². The summed E-state index contributed by atoms with van der Waals surface area (Å²) in [4.78, 5) is 23.3. The summed E-state index contributed by atoms with van der Waals surface area (Å²) in [5.74, 6) is 1.64. The van der Waals surface area contributed by atoms with Crippen LogP contribution in [0.25, 0.3) is 0 Å². The van der Waals surface area contributed by atoms with Gasteiger partial charge in [-0.25, -0.2) is 0 Å². The van der Waals surface area contributed by atoms with Gasteiger partial charge in [-0.3, -0.25) is 9.78 Å². The van der Waals surface area contributed by atoms with Gasteiger partial charge in [0.2, 0.25) is 11.8 Å². The number of aryl methyl sites for hydroxylation is 1. The van der Waals surface area contributed by atoms with E-state index in [4.69, 9.17) is 4.52 Å². The fraction of sp³-hybridized carbons (Fsp3) is 0.467. The maximum Gasteiger partial charge on any atom is 0.233 e. The second kappa shape index (κ2) is 8.53. The van der Waals surface area contributed by atoms with Gasteiger partial charge >= 0.3 is 0 Å². The van der Waals surface area contributed by atoms with E-state index in [-0.39, 0.29) is 5.91 Å². The number of aromatic nitrogens is 3. The number of nitrogens with zero attached hydrogens (tertiary/aromatic N) is 4. The van der Waals surface area contributed by atoms with Crippen LogP contribution in [0.15, 0.2) is 33.9 Å². The molecular formula is C15H20N4O2S. The monoisotopic (exact) mass is 320 g/mol. The molecule has 6 nitrogen and oxygen atoms in total. The van der Waals surface area contributed by atoms with Gasteiger partial charge in [0, 0.05) is 30.3 Å². The van der Waals surface area contributed by atoms with Gasteiger partial charge in [0.05, 0.1) is 12.3 Å². The Hall–Kier alpha value is -1.89. The molecule has 0 fully saturated rings. The van der Waals surface area contributed by atoms with Gasteiger partial charge in [-0.1, -0.05) is 12.1 Å². The number of hydrogen-bond acceptors (Lipinski definition) is 6. The van der Waals surface area contributed by atoms with Crippen LogP contribution in [0.3, 0.4) is 0 Å². The highest BCUT2D eigenvalue weighted by Gasteiger charge is 2.16. The standard InChI is InChI=1S/C15H20N4O2S/c1-3-5-14-17-13(18-21-14)10-19(4-2)15(20)11-22-12-6-8-16-9-7-12/h6-9H,3-5,10-11H2,1-2H3. The van der Waals surface area contributed by atoms with Crippen molar-refractivity contribution in [2.24, 2.45) is 0 Å². The minimum absolute atomic E-state index is 0.0613. The molecule has 0 unspecified atom stereocenters. The number of pyridine rings is 1. The summed E-state index contributed by atoms with van der Waals surface area (Å²) in [5, 5.41) is 3.93. The van der Waals surface area contributed by atoms with E-state index in [1.54, 1.807) is 17.3 Å². The Bertz CT molecular complexity index is 588. The van der Waals surface area contributed by atoms with Gasteiger partial charge in [-0.05, 0) is 25.5 Å². The largest absolute Gasteiger partial charge is 0.339 e. The Morgan fingerprint density at radius 1 is 1.32 bits per heavy atom. The maximum absolute atomic E-state index is 12.3. The minimum Gasteiger partial charge on any atom is -0.339 e. The second-order valence-corrected chi connectivity index (χ2v) is 5.78. The smallest absolute Gasteiger partial charge is 0.233 e. The molecule has 0 aliphatic heterocycles. The summed E-state index contributed by atoms with van der Waals surface area (Å²) in [6.45, 7) is 5.01. The van der Waals surface area contributed by atoms with E-state index in [1.165, 1.54) is 11.8 Å². The third kappa shape index (κ3) is 4.84. The first-order valence-electron chi connectivity index (χ1n) is 7.35. The van der Waals surface area contributed by atoms with Crippen molar-refractivity contribution in [1.29, 1.82) is 0 Å². The summed E-state index contributed by atoms with van der Waals surface area (Å²) >= 11 is 1.50. The Balaban J connectivity index is 1.88. The van der Waals surface area contributed by atoms with Crippen LogP contribution in [0.4, 0.5) is 0 Å². The molecule has 1 amide bonds. The molecule has 0 spiro atoms. The zero-order valence-corrected chi connectivity index (χ0v) is 13.7. The van der Waals surface area contributed by atoms with E-state index in [9.17, 15) is 4.79 Å². The first kappa shape index (κ1) is 16.5. The fourth-order valence-corrected chi connectivity index (χ4v) is 2.67. The van der Waals surface area contributed by atoms with E-state index < -0.39 is 0 Å². The van der Waals surface area contributed by atoms with E-state index in [0.717, 1.165) is 17.7 Å². The van der Waals surface area contributed by atoms with Crippen molar-refractivity contribution in [3.8, 4) is 0 Å². The van der Waals surface area contributed by atoms with E-state index in [0.29, 0.717) is 30.6 Å². The highest BCUT2D eigenvalue weighted by Crippen LogP contribution is 2.17. The van der Waals surface area contributed by atoms with Crippen LogP contribution in [0.2, 0.25) is 0 Å². The topological polar surface area (TPSA) is 72.1 Å². The molecule has 2 heterocycles. The summed E-state index contributed by atoms with van der Waals surface area (Å²) in [5.41, 5.74) is 0. The number of hydrogen-bond donors (Lipinski definition) is 0. The summed E-state index contributed by atoms with van der Waals surface area (Å²) in [7, 11) is 0. The van der Waals surface area contributed by atoms with Gasteiger partial charge in [0.15, 0.2) is 5.82 Å². The Kier molecular flexibility index (Phi) is 6.39. The average molecular weight is 320 g/mol.